The van der Waals surface area contributed by atoms with Crippen LogP contribution in [0.2, 0.25) is 0 Å². The summed E-state index contributed by atoms with van der Waals surface area (Å²) >= 11 is 0. The number of hydrogen-bond donors (Lipinski definition) is 4. The van der Waals surface area contributed by atoms with Gasteiger partial charge in [0.15, 0.2) is 0 Å². The van der Waals surface area contributed by atoms with E-state index in [0.29, 0.717) is 28.9 Å². The lowest BCUT2D eigenvalue weighted by molar-refractivity contribution is -0.138. The van der Waals surface area contributed by atoms with Crippen molar-refractivity contribution in [3.63, 3.8) is 0 Å². The maximum Gasteiger partial charge on any atom is 0.322 e. The third-order valence-electron chi connectivity index (χ3n) is 7.23. The molecule has 0 bridgehead atoms. The number of sulfonamides is 1. The largest absolute Gasteiger partial charge is 0.480 e. The summed E-state index contributed by atoms with van der Waals surface area (Å²) in [4.78, 5) is 26.8. The Morgan fingerprint density at radius 1 is 0.927 bits per heavy atom. The van der Waals surface area contributed by atoms with E-state index in [-0.39, 0.29) is 17.3 Å². The Bertz CT molecular complexity index is 1480. The number of likely N-dealkylation sites (tertiary alicyclic amines) is 1. The van der Waals surface area contributed by atoms with Crippen LogP contribution in [0.5, 0.6) is 0 Å². The van der Waals surface area contributed by atoms with Crippen molar-refractivity contribution in [1.82, 2.24) is 14.9 Å². The van der Waals surface area contributed by atoms with E-state index in [0.717, 1.165) is 36.3 Å². The molecule has 1 aliphatic rings. The van der Waals surface area contributed by atoms with Gasteiger partial charge in [0.25, 0.3) is 0 Å². The molecule has 10 heteroatoms. The van der Waals surface area contributed by atoms with Crippen LogP contribution in [-0.4, -0.2) is 62.6 Å². The lowest BCUT2D eigenvalue weighted by Crippen LogP contribution is -2.42. The fraction of sp³-hybridized carbons (Fsp3) is 0.355. The lowest BCUT2D eigenvalue weighted by Gasteiger charge is -2.18. The molecule has 1 fully saturated rings. The Balaban J connectivity index is 1.39. The quantitative estimate of drug-likeness (QED) is 0.266. The molecule has 3 aromatic rings. The molecular weight excluding hydrogens is 540 g/mol. The second-order valence-electron chi connectivity index (χ2n) is 10.7. The highest BCUT2D eigenvalue weighted by Gasteiger charge is 2.28. The van der Waals surface area contributed by atoms with E-state index in [9.17, 15) is 23.1 Å². The van der Waals surface area contributed by atoms with Gasteiger partial charge in [0.1, 0.15) is 6.04 Å². The summed E-state index contributed by atoms with van der Waals surface area (Å²) in [6.07, 6.45) is 2.41. The number of hydrogen-bond acceptors (Lipinski definition) is 5. The maximum absolute atomic E-state index is 13.1. The van der Waals surface area contributed by atoms with Crippen LogP contribution < -0.4 is 15.4 Å². The van der Waals surface area contributed by atoms with Crippen molar-refractivity contribution in [3.05, 3.63) is 82.9 Å². The molecule has 0 radical (unpaired) electrons. The summed E-state index contributed by atoms with van der Waals surface area (Å²) in [7, 11) is -4.05. The van der Waals surface area contributed by atoms with Gasteiger partial charge in [-0.3, -0.25) is 4.79 Å². The number of aliphatic carboxylic acids is 1. The van der Waals surface area contributed by atoms with Gasteiger partial charge in [0.05, 0.1) is 4.90 Å². The molecule has 1 aliphatic heterocycles. The Morgan fingerprint density at radius 2 is 1.59 bits per heavy atom. The summed E-state index contributed by atoms with van der Waals surface area (Å²) in [6.45, 7) is 8.90. The molecule has 0 unspecified atom stereocenters. The third kappa shape index (κ3) is 8.16. The summed E-state index contributed by atoms with van der Waals surface area (Å²) < 4.78 is 28.7. The maximum atomic E-state index is 13.1. The number of urea groups is 1. The first kappa shape index (κ1) is 30.2. The van der Waals surface area contributed by atoms with Gasteiger partial charge in [-0.1, -0.05) is 54.1 Å². The molecule has 0 aromatic heterocycles. The van der Waals surface area contributed by atoms with Crippen LogP contribution >= 0.6 is 0 Å². The number of nitrogens with one attached hydrogen (secondary N) is 3. The van der Waals surface area contributed by atoms with Gasteiger partial charge < -0.3 is 20.6 Å². The van der Waals surface area contributed by atoms with E-state index >= 15 is 0 Å². The molecule has 1 atom stereocenters. The van der Waals surface area contributed by atoms with Gasteiger partial charge in [0.2, 0.25) is 10.0 Å². The number of nitrogens with zero attached hydrogens (tertiary/aromatic N) is 1. The number of anilines is 1. The Morgan fingerprint density at radius 3 is 2.22 bits per heavy atom. The van der Waals surface area contributed by atoms with Crippen molar-refractivity contribution in [2.24, 2.45) is 0 Å². The predicted octanol–water partition coefficient (Wildman–Crippen LogP) is 4.47. The molecule has 41 heavy (non-hydrogen) atoms. The summed E-state index contributed by atoms with van der Waals surface area (Å²) in [6, 6.07) is 16.7. The number of carboxylic acid groups (broad SMARTS) is 1. The zero-order chi connectivity index (χ0) is 29.6. The molecule has 4 rings (SSSR count). The topological polar surface area (TPSA) is 128 Å². The lowest BCUT2D eigenvalue weighted by atomic mass is 10.0. The second-order valence-corrected chi connectivity index (χ2v) is 12.3. The summed E-state index contributed by atoms with van der Waals surface area (Å²) in [5, 5.41) is 15.6. The number of benzene rings is 3. The van der Waals surface area contributed by atoms with Crippen molar-refractivity contribution in [2.45, 2.75) is 51.0 Å². The first-order valence-electron chi connectivity index (χ1n) is 13.8. The number of carboxylic acids is 1. The van der Waals surface area contributed by atoms with Gasteiger partial charge in [-0.25, -0.2) is 13.2 Å². The Hall–Kier alpha value is -3.73. The zero-order valence-corrected chi connectivity index (χ0v) is 24.6. The van der Waals surface area contributed by atoms with E-state index < -0.39 is 22.0 Å². The number of amides is 2. The number of carbonyl (C=O) groups excluding carboxylic acids is 1. The van der Waals surface area contributed by atoms with Crippen molar-refractivity contribution < 1.29 is 23.1 Å². The van der Waals surface area contributed by atoms with Crippen molar-refractivity contribution in [3.8, 4) is 11.1 Å². The van der Waals surface area contributed by atoms with E-state index in [4.69, 9.17) is 0 Å². The van der Waals surface area contributed by atoms with Crippen molar-refractivity contribution >= 4 is 27.7 Å². The molecule has 0 saturated carbocycles. The smallest absolute Gasteiger partial charge is 0.322 e. The van der Waals surface area contributed by atoms with Gasteiger partial charge in [-0.15, -0.1) is 0 Å². The molecule has 0 spiro atoms. The Labute approximate surface area is 242 Å². The van der Waals surface area contributed by atoms with E-state index in [1.165, 1.54) is 12.8 Å². The zero-order valence-electron chi connectivity index (χ0n) is 23.7. The molecular formula is C31H38N4O5S. The number of rotatable bonds is 11. The van der Waals surface area contributed by atoms with Gasteiger partial charge in [0, 0.05) is 18.8 Å². The van der Waals surface area contributed by atoms with Crippen LogP contribution in [0.25, 0.3) is 11.1 Å². The number of aryl methyl sites for hydroxylation is 3. The average molecular weight is 579 g/mol. The molecule has 1 heterocycles. The van der Waals surface area contributed by atoms with E-state index in [1.54, 1.807) is 38.1 Å². The summed E-state index contributed by atoms with van der Waals surface area (Å²) in [5.41, 5.74) is 5.17. The Kier molecular flexibility index (Phi) is 9.80. The SMILES string of the molecule is Cc1cc(C)c(S(=O)(=O)N[C@H](Cc2ccc(-c3cccc(NC(=O)NCCN4CCCC4)c3)cc2)C(=O)O)c(C)c1. The van der Waals surface area contributed by atoms with E-state index in [1.807, 2.05) is 43.3 Å². The fourth-order valence-corrected chi connectivity index (χ4v) is 7.01. The first-order chi connectivity index (χ1) is 19.5. The van der Waals surface area contributed by atoms with Crippen molar-refractivity contribution in [2.75, 3.05) is 31.5 Å². The molecule has 3 aromatic carbocycles. The predicted molar refractivity (Wildman–Crippen MR) is 161 cm³/mol. The monoisotopic (exact) mass is 578 g/mol. The first-order valence-corrected chi connectivity index (χ1v) is 15.3. The number of carbonyl (C=O) groups is 2. The third-order valence-corrected chi connectivity index (χ3v) is 9.00. The molecule has 9 nitrogen and oxygen atoms in total. The van der Waals surface area contributed by atoms with E-state index in [2.05, 4.69) is 20.3 Å². The average Bonchev–Trinajstić information content (AvgIpc) is 3.41. The molecule has 4 N–H and O–H groups in total. The van der Waals surface area contributed by atoms with Crippen LogP contribution in [0.3, 0.4) is 0 Å². The standard InChI is InChI=1S/C31H38N4O5S/c1-21-17-22(2)29(23(3)18-21)41(39,40)34-28(30(36)37)19-24-9-11-25(12-10-24)26-7-6-8-27(20-26)33-31(38)32-13-16-35-14-4-5-15-35/h6-12,17-18,20,28,34H,4-5,13-16,19H2,1-3H3,(H,36,37)(H2,32,33,38)/t28-/m1/s1. The van der Waals surface area contributed by atoms with Gasteiger partial charge in [-0.2, -0.15) is 4.72 Å². The highest BCUT2D eigenvalue weighted by molar-refractivity contribution is 7.89. The molecule has 0 aliphatic carbocycles. The van der Waals surface area contributed by atoms with Crippen LogP contribution in [0, 0.1) is 20.8 Å². The van der Waals surface area contributed by atoms with Crippen molar-refractivity contribution in [1.29, 1.82) is 0 Å². The van der Waals surface area contributed by atoms with Crippen LogP contribution in [0.15, 0.2) is 65.6 Å². The molecule has 1 saturated heterocycles. The molecule has 2 amide bonds. The van der Waals surface area contributed by atoms with Crippen LogP contribution in [0.1, 0.15) is 35.1 Å². The highest BCUT2D eigenvalue weighted by atomic mass is 32.2. The minimum atomic E-state index is -4.05. The van der Waals surface area contributed by atoms with Crippen LogP contribution in [0.4, 0.5) is 10.5 Å². The van der Waals surface area contributed by atoms with Gasteiger partial charge in [-0.05, 0) is 93.1 Å². The second kappa shape index (κ2) is 13.3. The normalized spacial score (nSPS) is 14.5. The molecule has 218 valence electrons. The van der Waals surface area contributed by atoms with Crippen LogP contribution in [-0.2, 0) is 21.2 Å². The minimum absolute atomic E-state index is 0.0159. The minimum Gasteiger partial charge on any atom is -0.480 e. The fourth-order valence-electron chi connectivity index (χ4n) is 5.37. The summed E-state index contributed by atoms with van der Waals surface area (Å²) in [5.74, 6) is -1.25. The highest BCUT2D eigenvalue weighted by Crippen LogP contribution is 2.25. The van der Waals surface area contributed by atoms with Gasteiger partial charge >= 0.3 is 12.0 Å².